The van der Waals surface area contributed by atoms with Crippen LogP contribution in [0.3, 0.4) is 0 Å². The minimum absolute atomic E-state index is 0.105. The molecule has 1 saturated heterocycles. The van der Waals surface area contributed by atoms with Gasteiger partial charge in [0.1, 0.15) is 0 Å². The second-order valence-electron chi connectivity index (χ2n) is 5.44. The van der Waals surface area contributed by atoms with E-state index in [1.54, 1.807) is 0 Å². The largest absolute Gasteiger partial charge is 0.369 e. The van der Waals surface area contributed by atoms with Gasteiger partial charge in [-0.25, -0.2) is 0 Å². The summed E-state index contributed by atoms with van der Waals surface area (Å²) in [5.41, 5.74) is 5.34. The quantitative estimate of drug-likeness (QED) is 0.806. The average molecular weight is 256 g/mol. The van der Waals surface area contributed by atoms with Crippen LogP contribution in [0.15, 0.2) is 0 Å². The molecule has 1 heterocycles. The van der Waals surface area contributed by atoms with Gasteiger partial charge in [-0.3, -0.25) is 4.79 Å². The van der Waals surface area contributed by atoms with E-state index >= 15 is 0 Å². The molecular formula is C13H24N2OS. The molecule has 1 atom stereocenters. The highest BCUT2D eigenvalue weighted by Gasteiger charge is 2.25. The van der Waals surface area contributed by atoms with Gasteiger partial charge in [-0.05, 0) is 62.5 Å². The van der Waals surface area contributed by atoms with Gasteiger partial charge in [-0.2, -0.15) is 11.8 Å². The molecule has 4 heteroatoms. The Bertz CT molecular complexity index is 246. The summed E-state index contributed by atoms with van der Waals surface area (Å²) in [4.78, 5) is 11.1. The van der Waals surface area contributed by atoms with E-state index in [-0.39, 0.29) is 11.8 Å². The zero-order valence-corrected chi connectivity index (χ0v) is 11.3. The number of primary amides is 1. The number of rotatable bonds is 4. The number of hydrogen-bond donors (Lipinski definition) is 2. The van der Waals surface area contributed by atoms with Crippen molar-refractivity contribution in [3.05, 3.63) is 0 Å². The lowest BCUT2D eigenvalue weighted by atomic mass is 9.85. The van der Waals surface area contributed by atoms with Crippen LogP contribution in [0.5, 0.6) is 0 Å². The van der Waals surface area contributed by atoms with Gasteiger partial charge in [-0.1, -0.05) is 0 Å². The number of nitrogens with one attached hydrogen (secondary N) is 1. The van der Waals surface area contributed by atoms with Gasteiger partial charge in [0.15, 0.2) is 0 Å². The fraction of sp³-hybridized carbons (Fsp3) is 0.923. The number of carbonyl (C=O) groups excluding carboxylic acids is 1. The lowest BCUT2D eigenvalue weighted by Gasteiger charge is -2.30. The van der Waals surface area contributed by atoms with E-state index < -0.39 is 0 Å². The Hall–Kier alpha value is -0.220. The molecule has 0 aromatic heterocycles. The fourth-order valence-corrected chi connectivity index (χ4v) is 4.04. The summed E-state index contributed by atoms with van der Waals surface area (Å²) in [6, 6.07) is 0.623. The van der Waals surface area contributed by atoms with Gasteiger partial charge >= 0.3 is 0 Å². The lowest BCUT2D eigenvalue weighted by Crippen LogP contribution is -2.39. The van der Waals surface area contributed by atoms with Crippen LogP contribution in [0.25, 0.3) is 0 Å². The van der Waals surface area contributed by atoms with Crippen LogP contribution in [0.1, 0.15) is 38.5 Å². The molecule has 2 fully saturated rings. The maximum absolute atomic E-state index is 11.1. The predicted molar refractivity (Wildman–Crippen MR) is 73.0 cm³/mol. The number of carbonyl (C=O) groups is 1. The van der Waals surface area contributed by atoms with Crippen LogP contribution in [0, 0.1) is 11.8 Å². The third-order valence-electron chi connectivity index (χ3n) is 4.08. The van der Waals surface area contributed by atoms with Crippen molar-refractivity contribution >= 4 is 17.7 Å². The first-order chi connectivity index (χ1) is 8.25. The number of amides is 1. The van der Waals surface area contributed by atoms with Crippen LogP contribution in [-0.2, 0) is 4.79 Å². The van der Waals surface area contributed by atoms with Crippen LogP contribution in [0.2, 0.25) is 0 Å². The van der Waals surface area contributed by atoms with Gasteiger partial charge in [0.05, 0.1) is 0 Å². The zero-order valence-electron chi connectivity index (χ0n) is 10.5. The first-order valence-electron chi connectivity index (χ1n) is 6.86. The molecule has 2 aliphatic rings. The number of hydrogen-bond acceptors (Lipinski definition) is 3. The maximum atomic E-state index is 11.1. The van der Waals surface area contributed by atoms with E-state index in [0.29, 0.717) is 6.04 Å². The van der Waals surface area contributed by atoms with Crippen molar-refractivity contribution in [3.63, 3.8) is 0 Å². The van der Waals surface area contributed by atoms with Crippen molar-refractivity contribution in [1.29, 1.82) is 0 Å². The lowest BCUT2D eigenvalue weighted by molar-refractivity contribution is -0.122. The summed E-state index contributed by atoms with van der Waals surface area (Å²) in [6.07, 6.45) is 6.96. The Morgan fingerprint density at radius 3 is 2.59 bits per heavy atom. The second-order valence-corrected chi connectivity index (χ2v) is 6.59. The van der Waals surface area contributed by atoms with E-state index in [1.807, 2.05) is 0 Å². The van der Waals surface area contributed by atoms with E-state index in [1.165, 1.54) is 30.9 Å². The monoisotopic (exact) mass is 256 g/mol. The molecule has 1 saturated carbocycles. The van der Waals surface area contributed by atoms with Gasteiger partial charge in [0, 0.05) is 12.0 Å². The van der Waals surface area contributed by atoms with E-state index in [9.17, 15) is 4.79 Å². The van der Waals surface area contributed by atoms with E-state index in [2.05, 4.69) is 17.1 Å². The third-order valence-corrected chi connectivity index (χ3v) is 5.36. The average Bonchev–Trinajstić information content (AvgIpc) is 2.38. The van der Waals surface area contributed by atoms with Crippen molar-refractivity contribution in [3.8, 4) is 0 Å². The van der Waals surface area contributed by atoms with Crippen molar-refractivity contribution in [2.45, 2.75) is 44.6 Å². The molecule has 3 nitrogen and oxygen atoms in total. The maximum Gasteiger partial charge on any atom is 0.220 e. The van der Waals surface area contributed by atoms with E-state index in [4.69, 9.17) is 5.73 Å². The molecule has 0 bridgehead atoms. The molecule has 1 amide bonds. The van der Waals surface area contributed by atoms with Gasteiger partial charge in [0.2, 0.25) is 5.91 Å². The van der Waals surface area contributed by atoms with Gasteiger partial charge in [-0.15, -0.1) is 0 Å². The van der Waals surface area contributed by atoms with Crippen molar-refractivity contribution in [2.24, 2.45) is 17.6 Å². The molecule has 3 N–H and O–H groups in total. The minimum Gasteiger partial charge on any atom is -0.369 e. The predicted octanol–water partition coefficient (Wildman–Crippen LogP) is 1.76. The molecule has 0 aromatic carbocycles. The Morgan fingerprint density at radius 1 is 1.24 bits per heavy atom. The molecule has 0 radical (unpaired) electrons. The summed E-state index contributed by atoms with van der Waals surface area (Å²) in [5, 5.41) is 3.69. The first-order valence-corrected chi connectivity index (χ1v) is 8.01. The Balaban J connectivity index is 1.62. The normalized spacial score (nSPS) is 34.5. The molecule has 98 valence electrons. The van der Waals surface area contributed by atoms with Crippen LogP contribution < -0.4 is 11.1 Å². The SMILES string of the molecule is NC(=O)C1CCC(NCC2CCCSC2)CC1. The number of nitrogens with two attached hydrogens (primary N) is 1. The highest BCUT2D eigenvalue weighted by atomic mass is 32.2. The fourth-order valence-electron chi connectivity index (χ4n) is 2.88. The molecule has 0 aromatic rings. The second kappa shape index (κ2) is 6.64. The summed E-state index contributed by atoms with van der Waals surface area (Å²) in [5.74, 6) is 3.57. The Morgan fingerprint density at radius 2 is 2.00 bits per heavy atom. The summed E-state index contributed by atoms with van der Waals surface area (Å²) >= 11 is 2.09. The molecule has 17 heavy (non-hydrogen) atoms. The number of thioether (sulfide) groups is 1. The first kappa shape index (κ1) is 13.2. The van der Waals surface area contributed by atoms with Gasteiger partial charge in [0.25, 0.3) is 0 Å². The minimum atomic E-state index is -0.105. The summed E-state index contributed by atoms with van der Waals surface area (Å²) in [7, 11) is 0. The molecule has 1 aliphatic carbocycles. The standard InChI is InChI=1S/C13H24N2OS/c14-13(16)11-3-5-12(6-4-11)15-8-10-2-1-7-17-9-10/h10-12,15H,1-9H2,(H2,14,16). The van der Waals surface area contributed by atoms with E-state index in [0.717, 1.165) is 31.6 Å². The van der Waals surface area contributed by atoms with Crippen LogP contribution in [-0.4, -0.2) is 30.0 Å². The molecular weight excluding hydrogens is 232 g/mol. The summed E-state index contributed by atoms with van der Waals surface area (Å²) in [6.45, 7) is 1.17. The Kier molecular flexibility index (Phi) is 5.16. The van der Waals surface area contributed by atoms with Gasteiger partial charge < -0.3 is 11.1 Å². The smallest absolute Gasteiger partial charge is 0.220 e. The van der Waals surface area contributed by atoms with Crippen LogP contribution >= 0.6 is 11.8 Å². The molecule has 1 aliphatic heterocycles. The van der Waals surface area contributed by atoms with Crippen molar-refractivity contribution in [1.82, 2.24) is 5.32 Å². The summed E-state index contributed by atoms with van der Waals surface area (Å²) < 4.78 is 0. The topological polar surface area (TPSA) is 55.1 Å². The molecule has 1 unspecified atom stereocenters. The van der Waals surface area contributed by atoms with Crippen molar-refractivity contribution in [2.75, 3.05) is 18.1 Å². The molecule has 0 spiro atoms. The molecule has 2 rings (SSSR count). The zero-order chi connectivity index (χ0) is 12.1. The highest BCUT2D eigenvalue weighted by molar-refractivity contribution is 7.99. The highest BCUT2D eigenvalue weighted by Crippen LogP contribution is 2.25. The third kappa shape index (κ3) is 4.18. The van der Waals surface area contributed by atoms with Crippen molar-refractivity contribution < 1.29 is 4.79 Å². The van der Waals surface area contributed by atoms with Crippen LogP contribution in [0.4, 0.5) is 0 Å². The Labute approximate surface area is 108 Å².